The molecule has 1 amide bonds. The Kier molecular flexibility index (Phi) is 5.18. The van der Waals surface area contributed by atoms with Crippen LogP contribution in [0.4, 0.5) is 0 Å². The van der Waals surface area contributed by atoms with E-state index in [-0.39, 0.29) is 18.8 Å². The Morgan fingerprint density at radius 1 is 1.22 bits per heavy atom. The highest BCUT2D eigenvalue weighted by molar-refractivity contribution is 7.03. The number of rotatable bonds is 5. The van der Waals surface area contributed by atoms with Crippen molar-refractivity contribution in [1.29, 1.82) is 0 Å². The van der Waals surface area contributed by atoms with Gasteiger partial charge < -0.3 is 14.4 Å². The highest BCUT2D eigenvalue weighted by atomic mass is 32.1. The van der Waals surface area contributed by atoms with Gasteiger partial charge in [-0.1, -0.05) is 4.49 Å². The van der Waals surface area contributed by atoms with Crippen molar-refractivity contribution in [2.24, 2.45) is 0 Å². The maximum absolute atomic E-state index is 11.9. The van der Waals surface area contributed by atoms with E-state index in [2.05, 4.69) is 19.1 Å². The maximum atomic E-state index is 11.9. The number of carbonyl (C=O) groups is 3. The molecule has 1 aromatic rings. The first-order valence-electron chi connectivity index (χ1n) is 4.78. The molecule has 9 heteroatoms. The van der Waals surface area contributed by atoms with Crippen molar-refractivity contribution in [2.75, 3.05) is 27.3 Å². The van der Waals surface area contributed by atoms with Gasteiger partial charge in [0.1, 0.15) is 13.1 Å². The minimum atomic E-state index is -0.643. The molecule has 8 nitrogen and oxygen atoms in total. The normalized spacial score (nSPS) is 9.67. The zero-order valence-corrected chi connectivity index (χ0v) is 10.6. The van der Waals surface area contributed by atoms with E-state index in [9.17, 15) is 14.4 Å². The van der Waals surface area contributed by atoms with E-state index in [1.165, 1.54) is 19.6 Å². The van der Waals surface area contributed by atoms with E-state index < -0.39 is 17.8 Å². The summed E-state index contributed by atoms with van der Waals surface area (Å²) in [6.45, 7) is -0.718. The van der Waals surface area contributed by atoms with Crippen LogP contribution in [0.3, 0.4) is 0 Å². The van der Waals surface area contributed by atoms with Gasteiger partial charge in [-0.3, -0.25) is 14.4 Å². The highest BCUT2D eigenvalue weighted by Gasteiger charge is 2.23. The smallest absolute Gasteiger partial charge is 0.325 e. The number of hydrogen-bond acceptors (Lipinski definition) is 8. The van der Waals surface area contributed by atoms with Crippen molar-refractivity contribution in [3.8, 4) is 0 Å². The van der Waals surface area contributed by atoms with E-state index in [4.69, 9.17) is 0 Å². The second-order valence-electron chi connectivity index (χ2n) is 3.10. The molecular formula is C9H11N3O5S. The second-order valence-corrected chi connectivity index (χ2v) is 3.71. The highest BCUT2D eigenvalue weighted by Crippen LogP contribution is 2.04. The average molecular weight is 273 g/mol. The maximum Gasteiger partial charge on any atom is 0.325 e. The number of esters is 2. The number of hydrogen-bond donors (Lipinski definition) is 0. The summed E-state index contributed by atoms with van der Waals surface area (Å²) < 4.78 is 12.4. The van der Waals surface area contributed by atoms with Crippen molar-refractivity contribution < 1.29 is 23.9 Å². The third-order valence-corrected chi connectivity index (χ3v) is 2.47. The van der Waals surface area contributed by atoms with Crippen LogP contribution in [0.1, 0.15) is 10.5 Å². The van der Waals surface area contributed by atoms with Gasteiger partial charge in [0.2, 0.25) is 0 Å². The van der Waals surface area contributed by atoms with Gasteiger partial charge in [0, 0.05) is 5.38 Å². The van der Waals surface area contributed by atoms with Gasteiger partial charge in [0.25, 0.3) is 5.91 Å². The van der Waals surface area contributed by atoms with Crippen LogP contribution in [0, 0.1) is 0 Å². The van der Waals surface area contributed by atoms with Crippen molar-refractivity contribution in [1.82, 2.24) is 14.5 Å². The van der Waals surface area contributed by atoms with Crippen LogP contribution in [-0.4, -0.2) is 59.6 Å². The van der Waals surface area contributed by atoms with E-state index >= 15 is 0 Å². The van der Waals surface area contributed by atoms with Crippen LogP contribution in [-0.2, 0) is 19.1 Å². The van der Waals surface area contributed by atoms with Crippen LogP contribution in [0.15, 0.2) is 5.38 Å². The van der Waals surface area contributed by atoms with E-state index in [1.54, 1.807) is 0 Å². The number of amides is 1. The fourth-order valence-electron chi connectivity index (χ4n) is 1.06. The Morgan fingerprint density at radius 3 is 2.17 bits per heavy atom. The lowest BCUT2D eigenvalue weighted by Gasteiger charge is -2.18. The molecule has 1 aromatic heterocycles. The van der Waals surface area contributed by atoms with E-state index in [0.29, 0.717) is 0 Å². The van der Waals surface area contributed by atoms with Crippen LogP contribution < -0.4 is 0 Å². The second kappa shape index (κ2) is 6.64. The quantitative estimate of drug-likeness (QED) is 0.656. The zero-order valence-electron chi connectivity index (χ0n) is 9.78. The fraction of sp³-hybridized carbons (Fsp3) is 0.444. The summed E-state index contributed by atoms with van der Waals surface area (Å²) in [6, 6.07) is 0. The fourth-order valence-corrected chi connectivity index (χ4v) is 1.49. The summed E-state index contributed by atoms with van der Waals surface area (Å²) in [5.41, 5.74) is 0.0628. The SMILES string of the molecule is COC(=O)CN(CC(=O)OC)C(=O)c1csnn1. The molecule has 0 fully saturated rings. The molecule has 1 rings (SSSR count). The van der Waals surface area contributed by atoms with Crippen molar-refractivity contribution in [3.05, 3.63) is 11.1 Å². The minimum Gasteiger partial charge on any atom is -0.468 e. The van der Waals surface area contributed by atoms with Crippen LogP contribution in [0.25, 0.3) is 0 Å². The van der Waals surface area contributed by atoms with Gasteiger partial charge in [-0.05, 0) is 11.5 Å². The number of methoxy groups -OCH3 is 2. The largest absolute Gasteiger partial charge is 0.468 e. The zero-order chi connectivity index (χ0) is 13.5. The monoisotopic (exact) mass is 273 g/mol. The number of carbonyl (C=O) groups excluding carboxylic acids is 3. The lowest BCUT2D eigenvalue weighted by atomic mass is 10.3. The first-order chi connectivity index (χ1) is 8.58. The minimum absolute atomic E-state index is 0.0628. The summed E-state index contributed by atoms with van der Waals surface area (Å²) in [5, 5.41) is 5.00. The number of nitrogens with zero attached hydrogens (tertiary/aromatic N) is 3. The lowest BCUT2D eigenvalue weighted by Crippen LogP contribution is -2.40. The van der Waals surface area contributed by atoms with Crippen molar-refractivity contribution >= 4 is 29.4 Å². The van der Waals surface area contributed by atoms with Gasteiger partial charge in [-0.25, -0.2) is 0 Å². The van der Waals surface area contributed by atoms with Gasteiger partial charge >= 0.3 is 11.9 Å². The van der Waals surface area contributed by atoms with Gasteiger partial charge in [0.15, 0.2) is 5.69 Å². The number of ether oxygens (including phenoxy) is 2. The Morgan fingerprint density at radius 2 is 1.78 bits per heavy atom. The third-order valence-electron chi connectivity index (χ3n) is 1.96. The topological polar surface area (TPSA) is 98.7 Å². The Labute approximate surface area is 107 Å². The molecule has 0 aliphatic heterocycles. The molecule has 1 heterocycles. The summed E-state index contributed by atoms with van der Waals surface area (Å²) in [7, 11) is 2.38. The summed E-state index contributed by atoms with van der Waals surface area (Å²) in [5.74, 6) is -1.87. The molecule has 0 aromatic carbocycles. The van der Waals surface area contributed by atoms with Gasteiger partial charge in [0.05, 0.1) is 14.2 Å². The average Bonchev–Trinajstić information content (AvgIpc) is 2.90. The molecule has 0 spiro atoms. The molecule has 0 N–H and O–H groups in total. The Bertz CT molecular complexity index is 415. The summed E-state index contributed by atoms with van der Waals surface area (Å²) >= 11 is 0.994. The molecule has 0 unspecified atom stereocenters. The molecule has 0 saturated heterocycles. The van der Waals surface area contributed by atoms with Crippen LogP contribution >= 0.6 is 11.5 Å². The van der Waals surface area contributed by atoms with Crippen molar-refractivity contribution in [3.63, 3.8) is 0 Å². The molecule has 0 radical (unpaired) electrons. The molecule has 0 aliphatic carbocycles. The van der Waals surface area contributed by atoms with Gasteiger partial charge in [-0.2, -0.15) is 0 Å². The third kappa shape index (κ3) is 3.77. The van der Waals surface area contributed by atoms with Crippen LogP contribution in [0.2, 0.25) is 0 Å². The predicted molar refractivity (Wildman–Crippen MR) is 59.8 cm³/mol. The molecule has 18 heavy (non-hydrogen) atoms. The number of aromatic nitrogens is 2. The molecule has 98 valence electrons. The van der Waals surface area contributed by atoms with Crippen molar-refractivity contribution in [2.45, 2.75) is 0 Å². The predicted octanol–water partition coefficient (Wildman–Crippen LogP) is -0.674. The Balaban J connectivity index is 2.79. The molecule has 0 atom stereocenters. The lowest BCUT2D eigenvalue weighted by molar-refractivity contribution is -0.144. The summed E-state index contributed by atoms with van der Waals surface area (Å²) in [4.78, 5) is 35.2. The first-order valence-corrected chi connectivity index (χ1v) is 5.62. The molecule has 0 saturated carbocycles. The van der Waals surface area contributed by atoms with E-state index in [0.717, 1.165) is 16.4 Å². The molecule has 0 bridgehead atoms. The van der Waals surface area contributed by atoms with Gasteiger partial charge in [-0.15, -0.1) is 5.10 Å². The van der Waals surface area contributed by atoms with E-state index in [1.807, 2.05) is 0 Å². The van der Waals surface area contributed by atoms with Crippen LogP contribution in [0.5, 0.6) is 0 Å². The standard InChI is InChI=1S/C9H11N3O5S/c1-16-7(13)3-12(4-8(14)17-2)9(15)6-5-18-11-10-6/h5H,3-4H2,1-2H3. The summed E-state index contributed by atoms with van der Waals surface area (Å²) in [6.07, 6.45) is 0. The first kappa shape index (κ1) is 14.0. The molecular weight excluding hydrogens is 262 g/mol. The Hall–Kier alpha value is -2.03. The molecule has 0 aliphatic rings.